The fourth-order valence-corrected chi connectivity index (χ4v) is 3.43. The summed E-state index contributed by atoms with van der Waals surface area (Å²) in [5.74, 6) is 0.485. The van der Waals surface area contributed by atoms with Crippen molar-refractivity contribution in [3.8, 4) is 0 Å². The van der Waals surface area contributed by atoms with Crippen molar-refractivity contribution in [1.29, 1.82) is 0 Å². The molecule has 4 heteroatoms. The van der Waals surface area contributed by atoms with Gasteiger partial charge in [0.15, 0.2) is 5.78 Å². The summed E-state index contributed by atoms with van der Waals surface area (Å²) >= 11 is 0. The molecule has 1 N–H and O–H groups in total. The molecule has 3 atom stereocenters. The van der Waals surface area contributed by atoms with Crippen LogP contribution in [0.4, 0.5) is 0 Å². The van der Waals surface area contributed by atoms with Gasteiger partial charge in [0, 0.05) is 31.6 Å². The molecule has 1 aliphatic carbocycles. The van der Waals surface area contributed by atoms with Gasteiger partial charge in [0.1, 0.15) is 5.54 Å². The van der Waals surface area contributed by atoms with Gasteiger partial charge in [-0.25, -0.2) is 0 Å². The Morgan fingerprint density at radius 1 is 1.41 bits per heavy atom. The van der Waals surface area contributed by atoms with Gasteiger partial charge in [-0.3, -0.25) is 9.59 Å². The summed E-state index contributed by atoms with van der Waals surface area (Å²) in [5.41, 5.74) is 0.0478. The second-order valence-electron chi connectivity index (χ2n) is 7.45. The van der Waals surface area contributed by atoms with E-state index in [1.165, 1.54) is 0 Å². The van der Waals surface area contributed by atoms with E-state index in [0.29, 0.717) is 12.3 Å². The van der Waals surface area contributed by atoms with E-state index in [1.807, 2.05) is 18.9 Å². The first kappa shape index (κ1) is 18.7. The van der Waals surface area contributed by atoms with Crippen LogP contribution in [0.1, 0.15) is 54.4 Å². The molecule has 1 fully saturated rings. The lowest BCUT2D eigenvalue weighted by atomic mass is 9.49. The van der Waals surface area contributed by atoms with Gasteiger partial charge in [-0.1, -0.05) is 34.3 Å². The molecule has 0 spiro atoms. The average molecular weight is 308 g/mol. The maximum absolute atomic E-state index is 12.5. The summed E-state index contributed by atoms with van der Waals surface area (Å²) < 4.78 is 0. The predicted molar refractivity (Wildman–Crippen MR) is 90.3 cm³/mol. The SMILES string of the molecule is C=C(C(C)CC(=O)NC1(C(C)=O)CC(C)C1(C)C)N(C)CC. The molecule has 3 unspecified atom stereocenters. The Labute approximate surface area is 135 Å². The molecule has 0 radical (unpaired) electrons. The van der Waals surface area contributed by atoms with Crippen LogP contribution in [0.5, 0.6) is 0 Å². The highest BCUT2D eigenvalue weighted by Crippen LogP contribution is 2.54. The summed E-state index contributed by atoms with van der Waals surface area (Å²) in [5, 5.41) is 3.04. The lowest BCUT2D eigenvalue weighted by Crippen LogP contribution is -2.72. The van der Waals surface area contributed by atoms with E-state index >= 15 is 0 Å². The summed E-state index contributed by atoms with van der Waals surface area (Å²) in [4.78, 5) is 26.7. The molecule has 22 heavy (non-hydrogen) atoms. The van der Waals surface area contributed by atoms with Crippen molar-refractivity contribution in [2.75, 3.05) is 13.6 Å². The molecule has 4 nitrogen and oxygen atoms in total. The number of amides is 1. The average Bonchev–Trinajstić information content (AvgIpc) is 2.44. The van der Waals surface area contributed by atoms with Crippen LogP contribution in [0.15, 0.2) is 12.3 Å². The second kappa shape index (κ2) is 6.43. The standard InChI is InChI=1S/C18H32N2O2/c1-9-20(8)14(4)12(2)10-16(22)19-18(15(5)21)11-13(3)17(18,6)7/h12-13H,4,9-11H2,1-3,5-8H3,(H,19,22). The monoisotopic (exact) mass is 308 g/mol. The number of hydrogen-bond acceptors (Lipinski definition) is 3. The molecule has 1 aliphatic rings. The minimum absolute atomic E-state index is 0.0566. The quantitative estimate of drug-likeness (QED) is 0.786. The lowest BCUT2D eigenvalue weighted by Gasteiger charge is -2.59. The first-order valence-electron chi connectivity index (χ1n) is 8.21. The van der Waals surface area contributed by atoms with Gasteiger partial charge in [-0.05, 0) is 31.6 Å². The fourth-order valence-electron chi connectivity index (χ4n) is 3.43. The minimum Gasteiger partial charge on any atom is -0.378 e. The third-order valence-electron chi connectivity index (χ3n) is 5.92. The van der Waals surface area contributed by atoms with E-state index in [-0.39, 0.29) is 23.0 Å². The van der Waals surface area contributed by atoms with Crippen LogP contribution in [0, 0.1) is 17.3 Å². The molecule has 0 aromatic rings. The van der Waals surface area contributed by atoms with Gasteiger partial charge in [-0.15, -0.1) is 0 Å². The molecule has 1 rings (SSSR count). The third-order valence-corrected chi connectivity index (χ3v) is 5.92. The molecule has 0 heterocycles. The van der Waals surface area contributed by atoms with E-state index in [4.69, 9.17) is 0 Å². The van der Waals surface area contributed by atoms with Gasteiger partial charge in [0.25, 0.3) is 0 Å². The summed E-state index contributed by atoms with van der Waals surface area (Å²) in [6, 6.07) is 0. The minimum atomic E-state index is -0.707. The van der Waals surface area contributed by atoms with E-state index in [0.717, 1.165) is 18.7 Å². The number of nitrogens with one attached hydrogen (secondary N) is 1. The first-order chi connectivity index (χ1) is 9.99. The van der Waals surface area contributed by atoms with Crippen molar-refractivity contribution in [1.82, 2.24) is 10.2 Å². The molecule has 0 aromatic carbocycles. The van der Waals surface area contributed by atoms with Gasteiger partial charge >= 0.3 is 0 Å². The molecule has 0 aromatic heterocycles. The van der Waals surface area contributed by atoms with Crippen LogP contribution in [0.2, 0.25) is 0 Å². The number of rotatable bonds is 7. The molecule has 0 aliphatic heterocycles. The largest absolute Gasteiger partial charge is 0.378 e. The second-order valence-corrected chi connectivity index (χ2v) is 7.45. The number of nitrogens with zero attached hydrogens (tertiary/aromatic N) is 1. The van der Waals surface area contributed by atoms with E-state index in [9.17, 15) is 9.59 Å². The van der Waals surface area contributed by atoms with E-state index < -0.39 is 5.54 Å². The number of ketones is 1. The molecule has 0 saturated heterocycles. The Bertz CT molecular complexity index is 470. The Morgan fingerprint density at radius 3 is 2.32 bits per heavy atom. The van der Waals surface area contributed by atoms with Crippen LogP contribution in [-0.4, -0.2) is 35.7 Å². The Balaban J connectivity index is 2.75. The molecular weight excluding hydrogens is 276 g/mol. The first-order valence-corrected chi connectivity index (χ1v) is 8.21. The number of carbonyl (C=O) groups is 2. The molecular formula is C18H32N2O2. The van der Waals surface area contributed by atoms with Crippen LogP contribution in [0.25, 0.3) is 0 Å². The molecule has 0 bridgehead atoms. The summed E-state index contributed by atoms with van der Waals surface area (Å²) in [7, 11) is 1.98. The lowest BCUT2D eigenvalue weighted by molar-refractivity contribution is -0.152. The van der Waals surface area contributed by atoms with E-state index in [2.05, 4.69) is 39.6 Å². The normalized spacial score (nSPS) is 27.5. The van der Waals surface area contributed by atoms with Crippen LogP contribution in [0.3, 0.4) is 0 Å². The Hall–Kier alpha value is -1.32. The highest BCUT2D eigenvalue weighted by molar-refractivity contribution is 5.93. The van der Waals surface area contributed by atoms with Crippen molar-refractivity contribution in [3.63, 3.8) is 0 Å². The molecule has 1 amide bonds. The van der Waals surface area contributed by atoms with Crippen molar-refractivity contribution in [2.45, 2.75) is 59.9 Å². The zero-order valence-corrected chi connectivity index (χ0v) is 15.2. The third kappa shape index (κ3) is 3.06. The predicted octanol–water partition coefficient (Wildman–Crippen LogP) is 2.99. The van der Waals surface area contributed by atoms with Gasteiger partial charge in [0.2, 0.25) is 5.91 Å². The van der Waals surface area contributed by atoms with Crippen molar-refractivity contribution in [2.24, 2.45) is 17.3 Å². The highest BCUT2D eigenvalue weighted by atomic mass is 16.2. The fraction of sp³-hybridized carbons (Fsp3) is 0.778. The zero-order valence-electron chi connectivity index (χ0n) is 15.2. The van der Waals surface area contributed by atoms with Crippen LogP contribution in [-0.2, 0) is 9.59 Å². The zero-order chi connectivity index (χ0) is 17.3. The van der Waals surface area contributed by atoms with Crippen molar-refractivity contribution in [3.05, 3.63) is 12.3 Å². The maximum atomic E-state index is 12.5. The summed E-state index contributed by atoms with van der Waals surface area (Å²) in [6.07, 6.45) is 1.09. The number of hydrogen-bond donors (Lipinski definition) is 1. The smallest absolute Gasteiger partial charge is 0.221 e. The van der Waals surface area contributed by atoms with Crippen LogP contribution >= 0.6 is 0 Å². The van der Waals surface area contributed by atoms with Crippen molar-refractivity contribution < 1.29 is 9.59 Å². The topological polar surface area (TPSA) is 49.4 Å². The Kier molecular flexibility index (Phi) is 5.47. The molecule has 1 saturated carbocycles. The maximum Gasteiger partial charge on any atom is 0.221 e. The number of carbonyl (C=O) groups excluding carboxylic acids is 2. The summed E-state index contributed by atoms with van der Waals surface area (Å²) in [6.45, 7) is 16.8. The van der Waals surface area contributed by atoms with E-state index in [1.54, 1.807) is 6.92 Å². The highest BCUT2D eigenvalue weighted by Gasteiger charge is 2.61. The van der Waals surface area contributed by atoms with Gasteiger partial charge in [0.05, 0.1) is 0 Å². The van der Waals surface area contributed by atoms with Gasteiger partial charge in [-0.2, -0.15) is 0 Å². The number of Topliss-reactive ketones (excluding diaryl/α,β-unsaturated/α-hetero) is 1. The number of allylic oxidation sites excluding steroid dienone is 1. The van der Waals surface area contributed by atoms with Crippen molar-refractivity contribution >= 4 is 11.7 Å². The molecule has 126 valence electrons. The van der Waals surface area contributed by atoms with Gasteiger partial charge < -0.3 is 10.2 Å². The Morgan fingerprint density at radius 2 is 1.95 bits per heavy atom. The van der Waals surface area contributed by atoms with Crippen LogP contribution < -0.4 is 5.32 Å².